The molecule has 0 spiro atoms. The van der Waals surface area contributed by atoms with Crippen LogP contribution in [0.1, 0.15) is 36.1 Å². The second-order valence-corrected chi connectivity index (χ2v) is 7.31. The van der Waals surface area contributed by atoms with E-state index in [0.29, 0.717) is 6.04 Å². The van der Waals surface area contributed by atoms with Gasteiger partial charge in [0.15, 0.2) is 5.96 Å². The zero-order valence-electron chi connectivity index (χ0n) is 13.7. The van der Waals surface area contributed by atoms with E-state index in [0.717, 1.165) is 37.0 Å². The molecule has 0 aliphatic carbocycles. The first-order valence-corrected chi connectivity index (χ1v) is 9.25. The predicted octanol–water partition coefficient (Wildman–Crippen LogP) is 1.95. The number of hydrogen-bond donors (Lipinski definition) is 1. The highest BCUT2D eigenvalue weighted by Gasteiger charge is 2.30. The van der Waals surface area contributed by atoms with E-state index >= 15 is 0 Å². The number of aryl methyl sites for hydroxylation is 1. The van der Waals surface area contributed by atoms with Crippen molar-refractivity contribution >= 4 is 17.3 Å². The van der Waals surface area contributed by atoms with Crippen molar-refractivity contribution in [2.75, 3.05) is 33.2 Å². The molecule has 1 atom stereocenters. The van der Waals surface area contributed by atoms with Crippen molar-refractivity contribution < 1.29 is 0 Å². The first-order valence-electron chi connectivity index (χ1n) is 8.43. The molecule has 6 heteroatoms. The Morgan fingerprint density at radius 3 is 2.91 bits per heavy atom. The van der Waals surface area contributed by atoms with Crippen molar-refractivity contribution in [3.8, 4) is 0 Å². The van der Waals surface area contributed by atoms with Crippen molar-refractivity contribution in [2.45, 2.75) is 45.2 Å². The third-order valence-corrected chi connectivity index (χ3v) is 5.82. The van der Waals surface area contributed by atoms with Crippen molar-refractivity contribution in [1.82, 2.24) is 20.1 Å². The standard InChI is InChI=1S/C16H27N5S/c1-3-14-10-18-15(22-14)11-19-16(17-2)21-9-6-13(12-21)20-7-4-5-8-20/h10,13H,3-9,11-12H2,1-2H3,(H,17,19). The van der Waals surface area contributed by atoms with Gasteiger partial charge >= 0.3 is 0 Å². The highest BCUT2D eigenvalue weighted by Crippen LogP contribution is 2.20. The van der Waals surface area contributed by atoms with E-state index < -0.39 is 0 Å². The molecule has 1 N–H and O–H groups in total. The Labute approximate surface area is 137 Å². The number of rotatable bonds is 4. The van der Waals surface area contributed by atoms with Crippen molar-refractivity contribution in [1.29, 1.82) is 0 Å². The van der Waals surface area contributed by atoms with Crippen LogP contribution in [0, 0.1) is 0 Å². The molecule has 122 valence electrons. The minimum Gasteiger partial charge on any atom is -0.350 e. The van der Waals surface area contributed by atoms with Crippen LogP contribution >= 0.6 is 11.3 Å². The summed E-state index contributed by atoms with van der Waals surface area (Å²) in [7, 11) is 1.88. The molecular formula is C16H27N5S. The number of likely N-dealkylation sites (tertiary alicyclic amines) is 2. The van der Waals surface area contributed by atoms with Crippen LogP contribution in [-0.4, -0.2) is 60.0 Å². The normalized spacial score (nSPS) is 23.5. The second-order valence-electron chi connectivity index (χ2n) is 6.11. The SMILES string of the molecule is CCc1cnc(CNC(=NC)N2CCC(N3CCCC3)C2)s1. The predicted molar refractivity (Wildman–Crippen MR) is 92.5 cm³/mol. The topological polar surface area (TPSA) is 43.8 Å². The molecule has 0 aromatic carbocycles. The summed E-state index contributed by atoms with van der Waals surface area (Å²) in [5.41, 5.74) is 0. The number of aliphatic imine (C=N–C) groups is 1. The third-order valence-electron chi connectivity index (χ3n) is 4.68. The van der Waals surface area contributed by atoms with E-state index in [2.05, 4.69) is 32.0 Å². The summed E-state index contributed by atoms with van der Waals surface area (Å²) in [6, 6.07) is 0.715. The maximum Gasteiger partial charge on any atom is 0.194 e. The lowest BCUT2D eigenvalue weighted by Gasteiger charge is -2.25. The number of nitrogens with zero attached hydrogens (tertiary/aromatic N) is 4. The number of aromatic nitrogens is 1. The quantitative estimate of drug-likeness (QED) is 0.680. The maximum atomic E-state index is 4.47. The van der Waals surface area contributed by atoms with Gasteiger partial charge in [0.05, 0.1) is 6.54 Å². The van der Waals surface area contributed by atoms with Gasteiger partial charge in [0, 0.05) is 37.3 Å². The Morgan fingerprint density at radius 1 is 1.41 bits per heavy atom. The van der Waals surface area contributed by atoms with Crippen LogP contribution in [0.5, 0.6) is 0 Å². The number of guanidine groups is 1. The van der Waals surface area contributed by atoms with Gasteiger partial charge in [0.25, 0.3) is 0 Å². The van der Waals surface area contributed by atoms with Gasteiger partial charge in [-0.25, -0.2) is 4.98 Å². The highest BCUT2D eigenvalue weighted by molar-refractivity contribution is 7.11. The smallest absolute Gasteiger partial charge is 0.194 e. The van der Waals surface area contributed by atoms with Crippen LogP contribution in [0.15, 0.2) is 11.2 Å². The van der Waals surface area contributed by atoms with Crippen LogP contribution in [0.4, 0.5) is 0 Å². The maximum absolute atomic E-state index is 4.47. The molecule has 2 aliphatic heterocycles. The van der Waals surface area contributed by atoms with Crippen LogP contribution in [-0.2, 0) is 13.0 Å². The van der Waals surface area contributed by atoms with Gasteiger partial charge in [-0.2, -0.15) is 0 Å². The van der Waals surface area contributed by atoms with Gasteiger partial charge in [-0.1, -0.05) is 6.92 Å². The molecule has 1 aromatic rings. The fourth-order valence-corrected chi connectivity index (χ4v) is 4.22. The number of nitrogens with one attached hydrogen (secondary N) is 1. The first kappa shape index (κ1) is 15.7. The first-order chi connectivity index (χ1) is 10.8. The van der Waals surface area contributed by atoms with E-state index in [-0.39, 0.29) is 0 Å². The molecule has 22 heavy (non-hydrogen) atoms. The zero-order valence-corrected chi connectivity index (χ0v) is 14.5. The summed E-state index contributed by atoms with van der Waals surface area (Å²) >= 11 is 1.79. The molecule has 1 unspecified atom stereocenters. The Hall–Kier alpha value is -1.14. The van der Waals surface area contributed by atoms with Crippen molar-refractivity contribution in [3.63, 3.8) is 0 Å². The molecule has 2 saturated heterocycles. The van der Waals surface area contributed by atoms with Crippen molar-refractivity contribution in [3.05, 3.63) is 16.1 Å². The van der Waals surface area contributed by atoms with E-state index in [1.54, 1.807) is 11.3 Å². The molecule has 0 bridgehead atoms. The molecule has 1 aromatic heterocycles. The average Bonchev–Trinajstić information content (AvgIpc) is 3.28. The summed E-state index contributed by atoms with van der Waals surface area (Å²) in [6.07, 6.45) is 7.05. The van der Waals surface area contributed by atoms with E-state index in [9.17, 15) is 0 Å². The lowest BCUT2D eigenvalue weighted by molar-refractivity contribution is 0.249. The van der Waals surface area contributed by atoms with E-state index in [1.807, 2.05) is 13.2 Å². The van der Waals surface area contributed by atoms with Gasteiger partial charge < -0.3 is 10.2 Å². The Kier molecular flexibility index (Phi) is 5.31. The lowest BCUT2D eigenvalue weighted by Crippen LogP contribution is -2.42. The minimum atomic E-state index is 0.715. The fourth-order valence-electron chi connectivity index (χ4n) is 3.42. The largest absolute Gasteiger partial charge is 0.350 e. The number of thiazole rings is 1. The van der Waals surface area contributed by atoms with Crippen LogP contribution in [0.2, 0.25) is 0 Å². The summed E-state index contributed by atoms with van der Waals surface area (Å²) in [5.74, 6) is 1.02. The molecule has 3 heterocycles. The van der Waals surface area contributed by atoms with E-state index in [1.165, 1.54) is 37.2 Å². The zero-order chi connectivity index (χ0) is 15.4. The van der Waals surface area contributed by atoms with Gasteiger partial charge in [-0.3, -0.25) is 9.89 Å². The highest BCUT2D eigenvalue weighted by atomic mass is 32.1. The van der Waals surface area contributed by atoms with Gasteiger partial charge in [0.1, 0.15) is 5.01 Å². The van der Waals surface area contributed by atoms with Crippen LogP contribution in [0.25, 0.3) is 0 Å². The fraction of sp³-hybridized carbons (Fsp3) is 0.750. The minimum absolute atomic E-state index is 0.715. The monoisotopic (exact) mass is 321 g/mol. The number of hydrogen-bond acceptors (Lipinski definition) is 4. The van der Waals surface area contributed by atoms with Gasteiger partial charge in [0.2, 0.25) is 0 Å². The average molecular weight is 321 g/mol. The summed E-state index contributed by atoms with van der Waals surface area (Å²) in [6.45, 7) is 7.73. The Balaban J connectivity index is 1.51. The summed E-state index contributed by atoms with van der Waals surface area (Å²) < 4.78 is 0. The summed E-state index contributed by atoms with van der Waals surface area (Å²) in [4.78, 5) is 15.3. The van der Waals surface area contributed by atoms with E-state index in [4.69, 9.17) is 0 Å². The second kappa shape index (κ2) is 7.42. The van der Waals surface area contributed by atoms with Crippen molar-refractivity contribution in [2.24, 2.45) is 4.99 Å². The summed E-state index contributed by atoms with van der Waals surface area (Å²) in [5, 5.41) is 4.63. The molecule has 3 rings (SSSR count). The molecule has 0 amide bonds. The van der Waals surface area contributed by atoms with Crippen LogP contribution in [0.3, 0.4) is 0 Å². The Bertz CT molecular complexity index is 506. The molecule has 0 saturated carbocycles. The van der Waals surface area contributed by atoms with Crippen LogP contribution < -0.4 is 5.32 Å². The molecule has 0 radical (unpaired) electrons. The third kappa shape index (κ3) is 3.60. The Morgan fingerprint density at radius 2 is 2.23 bits per heavy atom. The molecule has 2 fully saturated rings. The molecular weight excluding hydrogens is 294 g/mol. The lowest BCUT2D eigenvalue weighted by atomic mass is 10.2. The van der Waals surface area contributed by atoms with Gasteiger partial charge in [-0.15, -0.1) is 11.3 Å². The molecule has 5 nitrogen and oxygen atoms in total. The molecule has 2 aliphatic rings. The van der Waals surface area contributed by atoms with Gasteiger partial charge in [-0.05, 0) is 38.8 Å².